The van der Waals surface area contributed by atoms with Gasteiger partial charge in [-0.3, -0.25) is 4.79 Å². The number of nitrogens with one attached hydrogen (secondary N) is 1. The Bertz CT molecular complexity index is 477. The van der Waals surface area contributed by atoms with Crippen molar-refractivity contribution in [2.75, 3.05) is 7.05 Å². The Balaban J connectivity index is 2.18. The van der Waals surface area contributed by atoms with E-state index in [2.05, 4.69) is 15.1 Å². The minimum atomic E-state index is -0.867. The van der Waals surface area contributed by atoms with Gasteiger partial charge in [0.1, 0.15) is 11.2 Å². The Morgan fingerprint density at radius 2 is 2.25 bits per heavy atom. The third-order valence-corrected chi connectivity index (χ3v) is 4.00. The highest BCUT2D eigenvalue weighted by molar-refractivity contribution is 6.06. The van der Waals surface area contributed by atoms with E-state index in [1.807, 2.05) is 0 Å². The van der Waals surface area contributed by atoms with Gasteiger partial charge in [-0.05, 0) is 12.8 Å². The van der Waals surface area contributed by atoms with Crippen LogP contribution in [0.25, 0.3) is 0 Å². The lowest BCUT2D eigenvalue weighted by molar-refractivity contribution is -0.139. The molecular formula is C13H21N5O2. The molecule has 4 N–H and O–H groups in total. The van der Waals surface area contributed by atoms with Gasteiger partial charge in [0.25, 0.3) is 0 Å². The molecule has 7 heteroatoms. The predicted molar refractivity (Wildman–Crippen MR) is 74.0 cm³/mol. The van der Waals surface area contributed by atoms with E-state index >= 15 is 0 Å². The van der Waals surface area contributed by atoms with Crippen LogP contribution in [0, 0.1) is 5.41 Å². The third kappa shape index (κ3) is 2.61. The van der Waals surface area contributed by atoms with Crippen LogP contribution < -0.4 is 5.73 Å². The first-order valence-corrected chi connectivity index (χ1v) is 6.82. The summed E-state index contributed by atoms with van der Waals surface area (Å²) in [6, 6.07) is 0. The monoisotopic (exact) mass is 279 g/mol. The first-order chi connectivity index (χ1) is 9.60. The number of amidine groups is 1. The summed E-state index contributed by atoms with van der Waals surface area (Å²) in [5.41, 5.74) is 4.96. The van der Waals surface area contributed by atoms with Crippen molar-refractivity contribution in [2.24, 2.45) is 16.3 Å². The number of hydrogen-bond acceptors (Lipinski definition) is 4. The molecule has 1 aliphatic carbocycles. The lowest BCUT2D eigenvalue weighted by Crippen LogP contribution is -2.51. The second-order valence-electron chi connectivity index (χ2n) is 5.33. The van der Waals surface area contributed by atoms with Gasteiger partial charge in [0.05, 0.1) is 6.54 Å². The molecule has 0 bridgehead atoms. The van der Waals surface area contributed by atoms with Crippen LogP contribution in [-0.4, -0.2) is 38.9 Å². The van der Waals surface area contributed by atoms with Gasteiger partial charge in [-0.1, -0.05) is 24.4 Å². The van der Waals surface area contributed by atoms with Crippen LogP contribution in [-0.2, 0) is 11.3 Å². The lowest BCUT2D eigenvalue weighted by atomic mass is 9.72. The predicted octanol–water partition coefficient (Wildman–Crippen LogP) is 1.06. The van der Waals surface area contributed by atoms with Crippen molar-refractivity contribution in [3.05, 3.63) is 18.2 Å². The van der Waals surface area contributed by atoms with Gasteiger partial charge in [-0.15, -0.1) is 0 Å². The van der Waals surface area contributed by atoms with E-state index < -0.39 is 5.41 Å². The Morgan fingerprint density at radius 3 is 2.80 bits per heavy atom. The number of oxime groups is 1. The standard InChI is InChI=1S/C13H21N5O2/c1-18(9-10-15-7-8-16-10)12(19)13(11(14)17-20)5-3-2-4-6-13/h7-8,20H,2-6,9H2,1H3,(H2,14,17)(H,15,16). The maximum atomic E-state index is 12.8. The minimum absolute atomic E-state index is 0.0218. The molecule has 20 heavy (non-hydrogen) atoms. The van der Waals surface area contributed by atoms with Crippen LogP contribution in [0.15, 0.2) is 17.5 Å². The maximum absolute atomic E-state index is 12.8. The van der Waals surface area contributed by atoms with E-state index in [1.165, 1.54) is 0 Å². The highest BCUT2D eigenvalue weighted by Gasteiger charge is 2.45. The molecule has 2 rings (SSSR count). The van der Waals surface area contributed by atoms with E-state index in [4.69, 9.17) is 10.9 Å². The van der Waals surface area contributed by atoms with E-state index in [0.717, 1.165) is 19.3 Å². The fraction of sp³-hybridized carbons (Fsp3) is 0.615. The summed E-state index contributed by atoms with van der Waals surface area (Å²) in [6.07, 6.45) is 7.53. The number of H-pyrrole nitrogens is 1. The highest BCUT2D eigenvalue weighted by Crippen LogP contribution is 2.38. The molecule has 1 fully saturated rings. The molecule has 1 heterocycles. The fourth-order valence-corrected chi connectivity index (χ4v) is 2.88. The van der Waals surface area contributed by atoms with Crippen LogP contribution >= 0.6 is 0 Å². The molecule has 0 spiro atoms. The van der Waals surface area contributed by atoms with Crippen molar-refractivity contribution in [1.82, 2.24) is 14.9 Å². The molecule has 0 saturated heterocycles. The van der Waals surface area contributed by atoms with Crippen molar-refractivity contribution >= 4 is 11.7 Å². The summed E-state index contributed by atoms with van der Waals surface area (Å²) in [4.78, 5) is 21.4. The molecule has 0 aliphatic heterocycles. The maximum Gasteiger partial charge on any atom is 0.236 e. The summed E-state index contributed by atoms with van der Waals surface area (Å²) < 4.78 is 0. The molecule has 0 atom stereocenters. The van der Waals surface area contributed by atoms with Crippen molar-refractivity contribution in [3.63, 3.8) is 0 Å². The van der Waals surface area contributed by atoms with Crippen LogP contribution in [0.1, 0.15) is 37.9 Å². The van der Waals surface area contributed by atoms with Gasteiger partial charge in [0.15, 0.2) is 5.84 Å². The molecule has 0 radical (unpaired) electrons. The van der Waals surface area contributed by atoms with Crippen LogP contribution in [0.5, 0.6) is 0 Å². The number of amides is 1. The minimum Gasteiger partial charge on any atom is -0.409 e. The van der Waals surface area contributed by atoms with Crippen molar-refractivity contribution < 1.29 is 10.0 Å². The summed E-state index contributed by atoms with van der Waals surface area (Å²) in [7, 11) is 1.71. The molecule has 1 aromatic rings. The second-order valence-corrected chi connectivity index (χ2v) is 5.33. The lowest BCUT2D eigenvalue weighted by Gasteiger charge is -2.37. The number of imidazole rings is 1. The van der Waals surface area contributed by atoms with E-state index in [9.17, 15) is 4.79 Å². The number of carbonyl (C=O) groups excluding carboxylic acids is 1. The topological polar surface area (TPSA) is 108 Å². The van der Waals surface area contributed by atoms with Gasteiger partial charge in [0, 0.05) is 19.4 Å². The molecule has 1 saturated carbocycles. The zero-order valence-corrected chi connectivity index (χ0v) is 11.7. The molecule has 1 aliphatic rings. The average molecular weight is 279 g/mol. The van der Waals surface area contributed by atoms with Gasteiger partial charge in [-0.2, -0.15) is 0 Å². The molecule has 0 unspecified atom stereocenters. The van der Waals surface area contributed by atoms with Crippen molar-refractivity contribution in [2.45, 2.75) is 38.6 Å². The zero-order valence-electron chi connectivity index (χ0n) is 11.7. The molecule has 1 aromatic heterocycles. The number of rotatable bonds is 4. The molecule has 0 aromatic carbocycles. The molecule has 110 valence electrons. The number of aromatic nitrogens is 2. The van der Waals surface area contributed by atoms with Gasteiger partial charge >= 0.3 is 0 Å². The van der Waals surface area contributed by atoms with Crippen molar-refractivity contribution in [3.8, 4) is 0 Å². The van der Waals surface area contributed by atoms with Crippen LogP contribution in [0.2, 0.25) is 0 Å². The highest BCUT2D eigenvalue weighted by atomic mass is 16.4. The Morgan fingerprint density at radius 1 is 1.55 bits per heavy atom. The molecular weight excluding hydrogens is 258 g/mol. The number of nitrogens with two attached hydrogens (primary N) is 1. The number of aromatic amines is 1. The van der Waals surface area contributed by atoms with Crippen LogP contribution in [0.4, 0.5) is 0 Å². The number of hydrogen-bond donors (Lipinski definition) is 3. The average Bonchev–Trinajstić information content (AvgIpc) is 2.99. The largest absolute Gasteiger partial charge is 0.409 e. The summed E-state index contributed by atoms with van der Waals surface area (Å²) in [5.74, 6) is 0.628. The molecule has 7 nitrogen and oxygen atoms in total. The first kappa shape index (κ1) is 14.4. The Hall–Kier alpha value is -2.05. The first-order valence-electron chi connectivity index (χ1n) is 6.82. The quantitative estimate of drug-likeness (QED) is 0.331. The number of carbonyl (C=O) groups is 1. The Labute approximate surface area is 117 Å². The van der Waals surface area contributed by atoms with Gasteiger partial charge in [-0.25, -0.2) is 4.98 Å². The smallest absolute Gasteiger partial charge is 0.236 e. The van der Waals surface area contributed by atoms with Gasteiger partial charge in [0.2, 0.25) is 5.91 Å². The summed E-state index contributed by atoms with van der Waals surface area (Å²) in [5, 5.41) is 12.1. The van der Waals surface area contributed by atoms with Crippen molar-refractivity contribution in [1.29, 1.82) is 0 Å². The fourth-order valence-electron chi connectivity index (χ4n) is 2.88. The normalized spacial score (nSPS) is 18.8. The van der Waals surface area contributed by atoms with E-state index in [0.29, 0.717) is 25.2 Å². The zero-order chi connectivity index (χ0) is 14.6. The summed E-state index contributed by atoms with van der Waals surface area (Å²) in [6.45, 7) is 0.381. The van der Waals surface area contributed by atoms with Crippen LogP contribution in [0.3, 0.4) is 0 Å². The van der Waals surface area contributed by atoms with Gasteiger partial charge < -0.3 is 20.8 Å². The Kier molecular flexibility index (Phi) is 4.26. The SMILES string of the molecule is CN(Cc1ncc[nH]1)C(=O)C1(C(N)=NO)CCCCC1. The van der Waals surface area contributed by atoms with E-state index in [-0.39, 0.29) is 11.7 Å². The molecule has 1 amide bonds. The third-order valence-electron chi connectivity index (χ3n) is 4.00. The number of nitrogens with zero attached hydrogens (tertiary/aromatic N) is 3. The second kappa shape index (κ2) is 5.94. The summed E-state index contributed by atoms with van der Waals surface area (Å²) >= 11 is 0. The van der Waals surface area contributed by atoms with E-state index in [1.54, 1.807) is 24.3 Å².